The lowest BCUT2D eigenvalue weighted by atomic mass is 10.4. The molecule has 0 spiro atoms. The minimum Gasteiger partial charge on any atom is -0.376 e. The maximum absolute atomic E-state index is 11.8. The van der Waals surface area contributed by atoms with E-state index in [1.54, 1.807) is 0 Å². The molecule has 0 radical (unpaired) electrons. The van der Waals surface area contributed by atoms with E-state index in [2.05, 4.69) is 9.47 Å². The van der Waals surface area contributed by atoms with E-state index in [0.29, 0.717) is 0 Å². The van der Waals surface area contributed by atoms with Gasteiger partial charge in [0.05, 0.1) is 13.2 Å². The second-order valence-corrected chi connectivity index (χ2v) is 1.87. The van der Waals surface area contributed by atoms with Crippen LogP contribution < -0.4 is 0 Å². The van der Waals surface area contributed by atoms with Crippen LogP contribution >= 0.6 is 0 Å². The first-order chi connectivity index (χ1) is 5.22. The lowest BCUT2D eigenvalue weighted by molar-refractivity contribution is -0.0767. The van der Waals surface area contributed by atoms with Gasteiger partial charge in [0, 0.05) is 7.11 Å². The number of halogens is 3. The largest absolute Gasteiger partial charge is 0.376 e. The molecule has 1 atom stereocenters. The molecule has 0 saturated heterocycles. The van der Waals surface area contributed by atoms with E-state index in [4.69, 9.17) is 0 Å². The maximum atomic E-state index is 11.8. The Kier molecular flexibility index (Phi) is 6.25. The van der Waals surface area contributed by atoms with Gasteiger partial charge in [0.1, 0.15) is 12.8 Å². The second kappa shape index (κ2) is 6.42. The summed E-state index contributed by atoms with van der Waals surface area (Å²) in [6.07, 6.45) is -3.83. The lowest BCUT2D eigenvalue weighted by Gasteiger charge is -2.13. The Hall–Kier alpha value is -0.290. The standard InChI is InChI=1S/C6H11F3O2/c1-10-5(6(8)9)4-11-3-2-7/h5-6H,2-4H2,1H3. The van der Waals surface area contributed by atoms with Crippen LogP contribution in [-0.2, 0) is 9.47 Å². The number of rotatable bonds is 6. The molecule has 0 aliphatic heterocycles. The summed E-state index contributed by atoms with van der Waals surface area (Å²) in [6.45, 7) is -1.09. The van der Waals surface area contributed by atoms with Gasteiger partial charge in [-0.1, -0.05) is 0 Å². The predicted octanol–water partition coefficient (Wildman–Crippen LogP) is 1.25. The molecule has 0 aromatic carbocycles. The third kappa shape index (κ3) is 5.03. The van der Waals surface area contributed by atoms with Crippen molar-refractivity contribution in [3.8, 4) is 0 Å². The summed E-state index contributed by atoms with van der Waals surface area (Å²) < 4.78 is 43.9. The van der Waals surface area contributed by atoms with Crippen molar-refractivity contribution in [1.82, 2.24) is 0 Å². The van der Waals surface area contributed by atoms with Gasteiger partial charge in [0.2, 0.25) is 0 Å². The Morgan fingerprint density at radius 3 is 2.36 bits per heavy atom. The Bertz CT molecular complexity index is 89.9. The van der Waals surface area contributed by atoms with Crippen LogP contribution in [0.1, 0.15) is 0 Å². The van der Waals surface area contributed by atoms with Gasteiger partial charge in [-0.25, -0.2) is 13.2 Å². The van der Waals surface area contributed by atoms with E-state index < -0.39 is 19.2 Å². The fourth-order valence-corrected chi connectivity index (χ4v) is 0.498. The molecule has 2 nitrogen and oxygen atoms in total. The van der Waals surface area contributed by atoms with E-state index in [-0.39, 0.29) is 13.2 Å². The fourth-order valence-electron chi connectivity index (χ4n) is 0.498. The summed E-state index contributed by atoms with van der Waals surface area (Å²) in [6, 6.07) is 0. The van der Waals surface area contributed by atoms with Crippen molar-refractivity contribution in [3.05, 3.63) is 0 Å². The van der Waals surface area contributed by atoms with Gasteiger partial charge in [0.25, 0.3) is 6.43 Å². The summed E-state index contributed by atoms with van der Waals surface area (Å²) in [5, 5.41) is 0. The monoisotopic (exact) mass is 172 g/mol. The normalized spacial score (nSPS) is 13.9. The first kappa shape index (κ1) is 10.7. The van der Waals surface area contributed by atoms with Crippen molar-refractivity contribution < 1.29 is 22.6 Å². The average molecular weight is 172 g/mol. The molecule has 0 fully saturated rings. The van der Waals surface area contributed by atoms with Gasteiger partial charge in [-0.05, 0) is 0 Å². The minimum atomic E-state index is -2.58. The number of hydrogen-bond acceptors (Lipinski definition) is 2. The predicted molar refractivity (Wildman–Crippen MR) is 33.6 cm³/mol. The average Bonchev–Trinajstić information content (AvgIpc) is 1.97. The minimum absolute atomic E-state index is 0.160. The van der Waals surface area contributed by atoms with Crippen molar-refractivity contribution >= 4 is 0 Å². The smallest absolute Gasteiger partial charge is 0.266 e. The zero-order chi connectivity index (χ0) is 8.69. The molecule has 68 valence electrons. The molecular formula is C6H11F3O2. The summed E-state index contributed by atoms with van der Waals surface area (Å²) in [5.74, 6) is 0. The summed E-state index contributed by atoms with van der Waals surface area (Å²) in [7, 11) is 1.16. The van der Waals surface area contributed by atoms with Crippen molar-refractivity contribution in [3.63, 3.8) is 0 Å². The molecule has 0 N–H and O–H groups in total. The molecule has 0 aliphatic carbocycles. The van der Waals surface area contributed by atoms with Crippen molar-refractivity contribution in [2.45, 2.75) is 12.5 Å². The van der Waals surface area contributed by atoms with E-state index in [1.165, 1.54) is 0 Å². The molecule has 0 heterocycles. The third-order valence-corrected chi connectivity index (χ3v) is 1.09. The quantitative estimate of drug-likeness (QED) is 0.561. The van der Waals surface area contributed by atoms with E-state index in [9.17, 15) is 13.2 Å². The molecule has 0 aromatic rings. The molecule has 0 aromatic heterocycles. The van der Waals surface area contributed by atoms with Crippen LogP contribution in [0.15, 0.2) is 0 Å². The van der Waals surface area contributed by atoms with Gasteiger partial charge in [-0.15, -0.1) is 0 Å². The van der Waals surface area contributed by atoms with Crippen LogP contribution in [0.4, 0.5) is 13.2 Å². The summed E-state index contributed by atoms with van der Waals surface area (Å²) >= 11 is 0. The number of hydrogen-bond donors (Lipinski definition) is 0. The third-order valence-electron chi connectivity index (χ3n) is 1.09. The van der Waals surface area contributed by atoms with Crippen molar-refractivity contribution in [2.24, 2.45) is 0 Å². The zero-order valence-corrected chi connectivity index (χ0v) is 6.23. The SMILES string of the molecule is COC(COCCF)C(F)F. The molecular weight excluding hydrogens is 161 g/mol. The Morgan fingerprint density at radius 2 is 2.00 bits per heavy atom. The number of ether oxygens (including phenoxy) is 2. The summed E-state index contributed by atoms with van der Waals surface area (Å²) in [5.41, 5.74) is 0. The zero-order valence-electron chi connectivity index (χ0n) is 6.23. The van der Waals surface area contributed by atoms with Gasteiger partial charge in [-0.3, -0.25) is 0 Å². The van der Waals surface area contributed by atoms with E-state index in [1.807, 2.05) is 0 Å². The summed E-state index contributed by atoms with van der Waals surface area (Å²) in [4.78, 5) is 0. The number of alkyl halides is 3. The van der Waals surface area contributed by atoms with Crippen LogP contribution in [0.3, 0.4) is 0 Å². The lowest BCUT2D eigenvalue weighted by Crippen LogP contribution is -2.26. The van der Waals surface area contributed by atoms with Crippen LogP contribution in [0, 0.1) is 0 Å². The van der Waals surface area contributed by atoms with Crippen LogP contribution in [0.25, 0.3) is 0 Å². The highest BCUT2D eigenvalue weighted by molar-refractivity contribution is 4.57. The van der Waals surface area contributed by atoms with Gasteiger partial charge < -0.3 is 9.47 Å². The maximum Gasteiger partial charge on any atom is 0.266 e. The van der Waals surface area contributed by atoms with Crippen LogP contribution in [-0.4, -0.2) is 39.5 Å². The molecule has 0 saturated carbocycles. The van der Waals surface area contributed by atoms with Crippen LogP contribution in [0.5, 0.6) is 0 Å². The first-order valence-corrected chi connectivity index (χ1v) is 3.17. The van der Waals surface area contributed by atoms with E-state index >= 15 is 0 Å². The highest BCUT2D eigenvalue weighted by Crippen LogP contribution is 2.04. The Labute approximate surface area is 63.3 Å². The topological polar surface area (TPSA) is 18.5 Å². The molecule has 1 unspecified atom stereocenters. The van der Waals surface area contributed by atoms with Crippen LogP contribution in [0.2, 0.25) is 0 Å². The van der Waals surface area contributed by atoms with Crippen molar-refractivity contribution in [1.29, 1.82) is 0 Å². The molecule has 0 aliphatic rings. The number of methoxy groups -OCH3 is 1. The highest BCUT2D eigenvalue weighted by atomic mass is 19.3. The second-order valence-electron chi connectivity index (χ2n) is 1.87. The van der Waals surface area contributed by atoms with Gasteiger partial charge in [0.15, 0.2) is 0 Å². The van der Waals surface area contributed by atoms with E-state index in [0.717, 1.165) is 7.11 Å². The molecule has 11 heavy (non-hydrogen) atoms. The Morgan fingerprint density at radius 1 is 1.36 bits per heavy atom. The highest BCUT2D eigenvalue weighted by Gasteiger charge is 2.19. The fraction of sp³-hybridized carbons (Fsp3) is 1.00. The first-order valence-electron chi connectivity index (χ1n) is 3.17. The van der Waals surface area contributed by atoms with Crippen molar-refractivity contribution in [2.75, 3.05) is 27.0 Å². The molecule has 5 heteroatoms. The molecule has 0 amide bonds. The Balaban J connectivity index is 3.36. The van der Waals surface area contributed by atoms with Gasteiger partial charge >= 0.3 is 0 Å². The molecule has 0 bridgehead atoms. The molecule has 0 rings (SSSR count). The van der Waals surface area contributed by atoms with Gasteiger partial charge in [-0.2, -0.15) is 0 Å².